The number of nitrogens with one attached hydrogen (secondary N) is 1. The Morgan fingerprint density at radius 3 is 2.38 bits per heavy atom. The molecule has 0 unspecified atom stereocenters. The van der Waals surface area contributed by atoms with Gasteiger partial charge in [0.1, 0.15) is 16.4 Å². The molecule has 0 radical (unpaired) electrons. The van der Waals surface area contributed by atoms with Crippen molar-refractivity contribution in [2.45, 2.75) is 38.0 Å². The van der Waals surface area contributed by atoms with E-state index in [9.17, 15) is 18.0 Å². The van der Waals surface area contributed by atoms with Crippen LogP contribution in [0.5, 0.6) is 11.5 Å². The monoisotopic (exact) mass is 490 g/mol. The molecule has 0 bridgehead atoms. The zero-order chi connectivity index (χ0) is 24.7. The number of anilines is 1. The Bertz CT molecular complexity index is 1140. The van der Waals surface area contributed by atoms with Gasteiger partial charge in [0.05, 0.1) is 7.11 Å². The molecule has 3 rings (SSSR count). The predicted molar refractivity (Wildman–Crippen MR) is 127 cm³/mol. The molecule has 0 saturated carbocycles. The smallest absolute Gasteiger partial charge is 0.344 e. The van der Waals surface area contributed by atoms with E-state index in [1.54, 1.807) is 6.07 Å². The van der Waals surface area contributed by atoms with E-state index in [2.05, 4.69) is 5.32 Å². The predicted octanol–water partition coefficient (Wildman–Crippen LogP) is 3.05. The Labute approximate surface area is 200 Å². The Balaban J connectivity index is 1.57. The molecule has 1 fully saturated rings. The van der Waals surface area contributed by atoms with Crippen LogP contribution in [0.2, 0.25) is 0 Å². The van der Waals surface area contributed by atoms with Crippen molar-refractivity contribution in [3.63, 3.8) is 0 Å². The Morgan fingerprint density at radius 2 is 1.71 bits per heavy atom. The lowest BCUT2D eigenvalue weighted by Gasteiger charge is -2.26. The Morgan fingerprint density at radius 1 is 0.971 bits per heavy atom. The maximum atomic E-state index is 13.1. The van der Waals surface area contributed by atoms with Gasteiger partial charge in [-0.15, -0.1) is 0 Å². The van der Waals surface area contributed by atoms with Crippen molar-refractivity contribution in [1.82, 2.24) is 4.31 Å². The van der Waals surface area contributed by atoms with Crippen LogP contribution in [-0.2, 0) is 24.3 Å². The van der Waals surface area contributed by atoms with Gasteiger partial charge in [-0.3, -0.25) is 4.79 Å². The van der Waals surface area contributed by atoms with Gasteiger partial charge in [-0.1, -0.05) is 12.5 Å². The number of hydrogen-bond acceptors (Lipinski definition) is 7. The van der Waals surface area contributed by atoms with E-state index in [-0.39, 0.29) is 22.9 Å². The van der Waals surface area contributed by atoms with Gasteiger partial charge in [0.15, 0.2) is 13.2 Å². The summed E-state index contributed by atoms with van der Waals surface area (Å²) in [6.45, 7) is 3.93. The molecule has 1 N–H and O–H groups in total. The number of hydrogen-bond donors (Lipinski definition) is 1. The molecular weight excluding hydrogens is 460 g/mol. The van der Waals surface area contributed by atoms with Gasteiger partial charge in [0.25, 0.3) is 5.91 Å². The average Bonchev–Trinajstić information content (AvgIpc) is 2.84. The number of ether oxygens (including phenoxy) is 3. The van der Waals surface area contributed by atoms with Gasteiger partial charge < -0.3 is 19.5 Å². The van der Waals surface area contributed by atoms with Crippen LogP contribution in [0.4, 0.5) is 5.69 Å². The number of benzene rings is 2. The molecule has 9 nitrogen and oxygen atoms in total. The van der Waals surface area contributed by atoms with Gasteiger partial charge in [0.2, 0.25) is 10.0 Å². The summed E-state index contributed by atoms with van der Waals surface area (Å²) >= 11 is 0. The van der Waals surface area contributed by atoms with Crippen molar-refractivity contribution in [3.8, 4) is 11.5 Å². The quantitative estimate of drug-likeness (QED) is 0.538. The first kappa shape index (κ1) is 25.5. The minimum Gasteiger partial charge on any atom is -0.495 e. The highest BCUT2D eigenvalue weighted by molar-refractivity contribution is 7.89. The molecule has 1 aliphatic heterocycles. The number of esters is 1. The number of nitrogens with zero attached hydrogens (tertiary/aromatic N) is 1. The maximum Gasteiger partial charge on any atom is 0.344 e. The van der Waals surface area contributed by atoms with Crippen molar-refractivity contribution in [3.05, 3.63) is 47.5 Å². The number of piperidine rings is 1. The zero-order valence-electron chi connectivity index (χ0n) is 19.6. The average molecular weight is 491 g/mol. The molecule has 0 spiro atoms. The van der Waals surface area contributed by atoms with Crippen molar-refractivity contribution >= 4 is 27.6 Å². The highest BCUT2D eigenvalue weighted by Crippen LogP contribution is 2.31. The van der Waals surface area contributed by atoms with E-state index in [1.165, 1.54) is 29.6 Å². The summed E-state index contributed by atoms with van der Waals surface area (Å²) in [6.07, 6.45) is 2.60. The van der Waals surface area contributed by atoms with E-state index >= 15 is 0 Å². The molecule has 2 aromatic rings. The van der Waals surface area contributed by atoms with Gasteiger partial charge in [-0.2, -0.15) is 4.31 Å². The van der Waals surface area contributed by atoms with Crippen molar-refractivity contribution in [2.75, 3.05) is 38.7 Å². The molecule has 1 heterocycles. The highest BCUT2D eigenvalue weighted by atomic mass is 32.2. The van der Waals surface area contributed by atoms with Crippen LogP contribution in [0.1, 0.15) is 30.4 Å². The summed E-state index contributed by atoms with van der Waals surface area (Å²) in [5.41, 5.74) is 2.40. The van der Waals surface area contributed by atoms with E-state index in [4.69, 9.17) is 14.2 Å². The summed E-state index contributed by atoms with van der Waals surface area (Å²) in [6, 6.07) is 9.81. The molecule has 1 aliphatic rings. The molecule has 1 saturated heterocycles. The third kappa shape index (κ3) is 6.48. The Hall–Kier alpha value is -3.11. The molecule has 0 aliphatic carbocycles. The highest BCUT2D eigenvalue weighted by Gasteiger charge is 2.29. The lowest BCUT2D eigenvalue weighted by atomic mass is 10.1. The molecular formula is C24H30N2O7S. The van der Waals surface area contributed by atoms with Crippen LogP contribution in [0.3, 0.4) is 0 Å². The minimum absolute atomic E-state index is 0.0199. The fourth-order valence-corrected chi connectivity index (χ4v) is 5.23. The SMILES string of the molecule is COc1ccc(NC(=O)COC(=O)COc2ccc(C)c(C)c2)cc1S(=O)(=O)N1CCCCC1. The van der Waals surface area contributed by atoms with Gasteiger partial charge in [-0.25, -0.2) is 13.2 Å². The second-order valence-corrected chi connectivity index (χ2v) is 9.98. The summed E-state index contributed by atoms with van der Waals surface area (Å²) in [7, 11) is -2.38. The van der Waals surface area contributed by atoms with Crippen LogP contribution in [0.25, 0.3) is 0 Å². The topological polar surface area (TPSA) is 111 Å². The van der Waals surface area contributed by atoms with Gasteiger partial charge in [-0.05, 0) is 68.1 Å². The first-order valence-electron chi connectivity index (χ1n) is 11.0. The molecule has 2 aromatic carbocycles. The molecule has 0 aromatic heterocycles. The number of sulfonamides is 1. The number of aryl methyl sites for hydroxylation is 2. The minimum atomic E-state index is -3.77. The van der Waals surface area contributed by atoms with E-state index in [1.807, 2.05) is 26.0 Å². The largest absolute Gasteiger partial charge is 0.495 e. The van der Waals surface area contributed by atoms with Crippen LogP contribution in [0, 0.1) is 13.8 Å². The lowest BCUT2D eigenvalue weighted by molar-refractivity contribution is -0.149. The molecule has 10 heteroatoms. The van der Waals surface area contributed by atoms with E-state index in [0.29, 0.717) is 18.8 Å². The van der Waals surface area contributed by atoms with Crippen molar-refractivity contribution in [1.29, 1.82) is 0 Å². The second kappa shape index (κ2) is 11.3. The Kier molecular flexibility index (Phi) is 8.51. The van der Waals surface area contributed by atoms with E-state index < -0.39 is 28.5 Å². The number of methoxy groups -OCH3 is 1. The summed E-state index contributed by atoms with van der Waals surface area (Å²) in [5, 5.41) is 2.56. The summed E-state index contributed by atoms with van der Waals surface area (Å²) in [5.74, 6) is -0.578. The number of rotatable bonds is 9. The number of carbonyl (C=O) groups is 2. The standard InChI is InChI=1S/C24H30N2O7S/c1-17-7-9-20(13-18(17)2)32-16-24(28)33-15-23(27)25-19-8-10-21(31-3)22(14-19)34(29,30)26-11-5-4-6-12-26/h7-10,13-14H,4-6,11-12,15-16H2,1-3H3,(H,25,27). The third-order valence-corrected chi connectivity index (χ3v) is 7.50. The van der Waals surface area contributed by atoms with Crippen molar-refractivity contribution in [2.24, 2.45) is 0 Å². The number of carbonyl (C=O) groups excluding carboxylic acids is 2. The van der Waals surface area contributed by atoms with Crippen LogP contribution >= 0.6 is 0 Å². The van der Waals surface area contributed by atoms with E-state index in [0.717, 1.165) is 30.4 Å². The maximum absolute atomic E-state index is 13.1. The third-order valence-electron chi connectivity index (χ3n) is 5.58. The fourth-order valence-electron chi connectivity index (χ4n) is 3.53. The normalized spacial score (nSPS) is 14.3. The van der Waals surface area contributed by atoms with Crippen molar-refractivity contribution < 1.29 is 32.2 Å². The molecule has 1 amide bonds. The fraction of sp³-hybridized carbons (Fsp3) is 0.417. The van der Waals surface area contributed by atoms with Crippen LogP contribution in [-0.4, -0.2) is 58.0 Å². The molecule has 34 heavy (non-hydrogen) atoms. The summed E-state index contributed by atoms with van der Waals surface area (Å²) < 4.78 is 43.2. The lowest BCUT2D eigenvalue weighted by Crippen LogP contribution is -2.35. The first-order valence-corrected chi connectivity index (χ1v) is 12.5. The van der Waals surface area contributed by atoms with Gasteiger partial charge in [0, 0.05) is 18.8 Å². The molecule has 184 valence electrons. The second-order valence-electron chi connectivity index (χ2n) is 8.07. The van der Waals surface area contributed by atoms with Crippen LogP contribution < -0.4 is 14.8 Å². The summed E-state index contributed by atoms with van der Waals surface area (Å²) in [4.78, 5) is 24.2. The van der Waals surface area contributed by atoms with Gasteiger partial charge >= 0.3 is 5.97 Å². The molecule has 0 atom stereocenters. The van der Waals surface area contributed by atoms with Crippen LogP contribution in [0.15, 0.2) is 41.3 Å². The first-order chi connectivity index (χ1) is 16.2. The zero-order valence-corrected chi connectivity index (χ0v) is 20.4. The number of amides is 1.